The molecule has 1 aliphatic heterocycles. The van der Waals surface area contributed by atoms with Crippen LogP contribution >= 0.6 is 11.8 Å². The van der Waals surface area contributed by atoms with Crippen molar-refractivity contribution in [3.8, 4) is 0 Å². The summed E-state index contributed by atoms with van der Waals surface area (Å²) in [5, 5.41) is 0. The molecule has 1 atom stereocenters. The van der Waals surface area contributed by atoms with Gasteiger partial charge in [-0.05, 0) is 18.6 Å². The van der Waals surface area contributed by atoms with Gasteiger partial charge in [0.15, 0.2) is 0 Å². The van der Waals surface area contributed by atoms with Crippen molar-refractivity contribution >= 4 is 17.4 Å². The van der Waals surface area contributed by atoms with Gasteiger partial charge in [0.25, 0.3) is 0 Å². The summed E-state index contributed by atoms with van der Waals surface area (Å²) in [6.07, 6.45) is 1.27. The van der Waals surface area contributed by atoms with Crippen molar-refractivity contribution in [1.82, 2.24) is 0 Å². The van der Waals surface area contributed by atoms with Crippen LogP contribution in [-0.4, -0.2) is 25.3 Å². The number of rotatable bonds is 3. The molecule has 82 valence electrons. The van der Waals surface area contributed by atoms with Gasteiger partial charge in [-0.2, -0.15) is 0 Å². The number of para-hydroxylation sites is 1. The predicted octanol–water partition coefficient (Wildman–Crippen LogP) is 2.12. The third-order valence-electron chi connectivity index (χ3n) is 2.31. The van der Waals surface area contributed by atoms with Crippen LogP contribution in [0.5, 0.6) is 0 Å². The third-order valence-corrected chi connectivity index (χ3v) is 3.54. The standard InChI is InChI=1S/C11H15NO2S/c12-10-3-1-2-4-11(10)15-7-9-5-6-13-8-14-9/h1-4,9H,5-8,12H2. The molecule has 0 amide bonds. The first-order valence-corrected chi connectivity index (χ1v) is 6.01. The lowest BCUT2D eigenvalue weighted by Crippen LogP contribution is -2.25. The van der Waals surface area contributed by atoms with Crippen LogP contribution in [0, 0.1) is 0 Å². The lowest BCUT2D eigenvalue weighted by atomic mass is 10.3. The highest BCUT2D eigenvalue weighted by atomic mass is 32.2. The van der Waals surface area contributed by atoms with Crippen molar-refractivity contribution in [1.29, 1.82) is 0 Å². The summed E-state index contributed by atoms with van der Waals surface area (Å²) in [5.41, 5.74) is 6.69. The number of benzene rings is 1. The highest BCUT2D eigenvalue weighted by Gasteiger charge is 2.14. The minimum atomic E-state index is 0.295. The van der Waals surface area contributed by atoms with Gasteiger partial charge >= 0.3 is 0 Å². The summed E-state index contributed by atoms with van der Waals surface area (Å²) >= 11 is 1.75. The summed E-state index contributed by atoms with van der Waals surface area (Å²) < 4.78 is 10.6. The third kappa shape index (κ3) is 3.12. The Balaban J connectivity index is 1.84. The number of thioether (sulfide) groups is 1. The Labute approximate surface area is 93.9 Å². The minimum absolute atomic E-state index is 0.295. The Bertz CT molecular complexity index is 313. The van der Waals surface area contributed by atoms with Crippen LogP contribution in [0.4, 0.5) is 5.69 Å². The highest BCUT2D eigenvalue weighted by Crippen LogP contribution is 2.26. The van der Waals surface area contributed by atoms with Crippen LogP contribution in [-0.2, 0) is 9.47 Å². The Morgan fingerprint density at radius 1 is 1.40 bits per heavy atom. The van der Waals surface area contributed by atoms with E-state index in [4.69, 9.17) is 15.2 Å². The number of anilines is 1. The molecule has 1 aromatic carbocycles. The van der Waals surface area contributed by atoms with E-state index < -0.39 is 0 Å². The number of nitrogens with two attached hydrogens (primary N) is 1. The zero-order chi connectivity index (χ0) is 10.5. The van der Waals surface area contributed by atoms with Crippen molar-refractivity contribution < 1.29 is 9.47 Å². The van der Waals surface area contributed by atoms with Gasteiger partial charge in [-0.15, -0.1) is 11.8 Å². The van der Waals surface area contributed by atoms with Crippen molar-refractivity contribution in [3.05, 3.63) is 24.3 Å². The van der Waals surface area contributed by atoms with Gasteiger partial charge in [-0.25, -0.2) is 0 Å². The average molecular weight is 225 g/mol. The van der Waals surface area contributed by atoms with Crippen molar-refractivity contribution in [2.24, 2.45) is 0 Å². The molecule has 1 aromatic rings. The van der Waals surface area contributed by atoms with Gasteiger partial charge in [0.1, 0.15) is 6.79 Å². The zero-order valence-corrected chi connectivity index (χ0v) is 9.33. The summed E-state index contributed by atoms with van der Waals surface area (Å²) in [6.45, 7) is 1.23. The molecule has 0 spiro atoms. The van der Waals surface area contributed by atoms with E-state index in [1.807, 2.05) is 24.3 Å². The molecule has 1 saturated heterocycles. The van der Waals surface area contributed by atoms with E-state index in [1.165, 1.54) is 0 Å². The second-order valence-electron chi connectivity index (χ2n) is 3.45. The molecule has 15 heavy (non-hydrogen) atoms. The zero-order valence-electron chi connectivity index (χ0n) is 8.52. The van der Waals surface area contributed by atoms with Crippen molar-refractivity contribution in [3.63, 3.8) is 0 Å². The molecule has 4 heteroatoms. The summed E-state index contributed by atoms with van der Waals surface area (Å²) in [7, 11) is 0. The first-order chi connectivity index (χ1) is 7.36. The fraction of sp³-hybridized carbons (Fsp3) is 0.455. The van der Waals surface area contributed by atoms with E-state index in [1.54, 1.807) is 11.8 Å². The number of hydrogen-bond acceptors (Lipinski definition) is 4. The van der Waals surface area contributed by atoms with Gasteiger partial charge in [-0.1, -0.05) is 12.1 Å². The fourth-order valence-corrected chi connectivity index (χ4v) is 2.47. The molecule has 3 nitrogen and oxygen atoms in total. The molecular formula is C11H15NO2S. The van der Waals surface area contributed by atoms with Crippen molar-refractivity contribution in [2.75, 3.05) is 24.9 Å². The molecule has 0 saturated carbocycles. The maximum Gasteiger partial charge on any atom is 0.147 e. The molecule has 1 aliphatic rings. The average Bonchev–Trinajstić information content (AvgIpc) is 2.29. The Morgan fingerprint density at radius 3 is 3.00 bits per heavy atom. The van der Waals surface area contributed by atoms with E-state index in [0.717, 1.165) is 29.4 Å². The largest absolute Gasteiger partial charge is 0.398 e. The molecule has 2 N–H and O–H groups in total. The van der Waals surface area contributed by atoms with Crippen LogP contribution in [0.3, 0.4) is 0 Å². The molecule has 0 aromatic heterocycles. The van der Waals surface area contributed by atoms with E-state index in [0.29, 0.717) is 12.9 Å². The molecule has 1 fully saturated rings. The second-order valence-corrected chi connectivity index (χ2v) is 4.51. The van der Waals surface area contributed by atoms with Crippen LogP contribution < -0.4 is 5.73 Å². The SMILES string of the molecule is Nc1ccccc1SCC1CCOCO1. The fourth-order valence-electron chi connectivity index (χ4n) is 1.43. The van der Waals surface area contributed by atoms with E-state index in [2.05, 4.69) is 0 Å². The first-order valence-electron chi connectivity index (χ1n) is 5.03. The van der Waals surface area contributed by atoms with E-state index >= 15 is 0 Å². The molecule has 1 unspecified atom stereocenters. The van der Waals surface area contributed by atoms with Crippen molar-refractivity contribution in [2.45, 2.75) is 17.4 Å². The predicted molar refractivity (Wildman–Crippen MR) is 61.9 cm³/mol. The summed E-state index contributed by atoms with van der Waals surface area (Å²) in [5.74, 6) is 0.942. The van der Waals surface area contributed by atoms with E-state index in [-0.39, 0.29) is 0 Å². The molecule has 0 aliphatic carbocycles. The Kier molecular flexibility index (Phi) is 3.88. The number of ether oxygens (including phenoxy) is 2. The van der Waals surface area contributed by atoms with Gasteiger partial charge in [-0.3, -0.25) is 0 Å². The summed E-state index contributed by atoms with van der Waals surface area (Å²) in [6, 6.07) is 7.92. The molecule has 1 heterocycles. The lowest BCUT2D eigenvalue weighted by Gasteiger charge is -2.22. The maximum absolute atomic E-state index is 5.85. The second kappa shape index (κ2) is 5.39. The topological polar surface area (TPSA) is 44.5 Å². The Hall–Kier alpha value is -0.710. The first kappa shape index (κ1) is 10.8. The van der Waals surface area contributed by atoms with Crippen LogP contribution in [0.25, 0.3) is 0 Å². The van der Waals surface area contributed by atoms with E-state index in [9.17, 15) is 0 Å². The molecular weight excluding hydrogens is 210 g/mol. The van der Waals surface area contributed by atoms with Crippen LogP contribution in [0.2, 0.25) is 0 Å². The normalized spacial score (nSPS) is 21.5. The van der Waals surface area contributed by atoms with Crippen LogP contribution in [0.15, 0.2) is 29.2 Å². The monoisotopic (exact) mass is 225 g/mol. The molecule has 0 radical (unpaired) electrons. The van der Waals surface area contributed by atoms with Gasteiger partial charge in [0.05, 0.1) is 12.7 Å². The maximum atomic E-state index is 5.85. The lowest BCUT2D eigenvalue weighted by molar-refractivity contribution is -0.130. The molecule has 0 bridgehead atoms. The van der Waals surface area contributed by atoms with Gasteiger partial charge in [0, 0.05) is 16.3 Å². The number of hydrogen-bond donors (Lipinski definition) is 1. The summed E-state index contributed by atoms with van der Waals surface area (Å²) in [4.78, 5) is 1.13. The molecule has 2 rings (SSSR count). The highest BCUT2D eigenvalue weighted by molar-refractivity contribution is 7.99. The smallest absolute Gasteiger partial charge is 0.147 e. The quantitative estimate of drug-likeness (QED) is 0.632. The van der Waals surface area contributed by atoms with Gasteiger partial charge < -0.3 is 15.2 Å². The Morgan fingerprint density at radius 2 is 2.27 bits per heavy atom. The number of nitrogen functional groups attached to an aromatic ring is 1. The minimum Gasteiger partial charge on any atom is -0.398 e. The van der Waals surface area contributed by atoms with Crippen LogP contribution in [0.1, 0.15) is 6.42 Å². The van der Waals surface area contributed by atoms with Gasteiger partial charge in [0.2, 0.25) is 0 Å².